The Hall–Kier alpha value is -2.37. The topological polar surface area (TPSA) is 71.0 Å². The number of benzene rings is 1. The number of likely N-dealkylation sites (tertiary alicyclic amines) is 1. The number of carbonyl (C=O) groups excluding carboxylic acids is 2. The van der Waals surface area contributed by atoms with Gasteiger partial charge in [-0.25, -0.2) is 10.2 Å². The molecule has 0 aromatic heterocycles. The van der Waals surface area contributed by atoms with E-state index in [1.807, 2.05) is 6.07 Å². The standard InChI is InChI=1S/C15H19N3O3/c1-2-21-15(20)18-10-8-13(9-11-18)16-17-14(19)12-6-4-3-5-7-12/h3-7H,2,8-11H2,1H3,(H,17,19). The maximum absolute atomic E-state index is 11.8. The third-order valence-corrected chi connectivity index (χ3v) is 3.22. The van der Waals surface area contributed by atoms with Crippen LogP contribution in [0.1, 0.15) is 30.1 Å². The summed E-state index contributed by atoms with van der Waals surface area (Å²) in [7, 11) is 0. The lowest BCUT2D eigenvalue weighted by atomic mass is 10.1. The third-order valence-electron chi connectivity index (χ3n) is 3.22. The number of rotatable bonds is 3. The van der Waals surface area contributed by atoms with Crippen LogP contribution in [0.15, 0.2) is 35.4 Å². The fourth-order valence-electron chi connectivity index (χ4n) is 2.06. The lowest BCUT2D eigenvalue weighted by Crippen LogP contribution is -2.39. The molecule has 0 saturated carbocycles. The second kappa shape index (κ2) is 7.42. The van der Waals surface area contributed by atoms with Gasteiger partial charge in [0.05, 0.1) is 6.61 Å². The summed E-state index contributed by atoms with van der Waals surface area (Å²) in [6, 6.07) is 8.94. The van der Waals surface area contributed by atoms with Gasteiger partial charge in [-0.15, -0.1) is 0 Å². The summed E-state index contributed by atoms with van der Waals surface area (Å²) in [5.41, 5.74) is 4.02. The number of piperidine rings is 1. The van der Waals surface area contributed by atoms with Crippen molar-refractivity contribution in [2.24, 2.45) is 5.10 Å². The molecule has 0 atom stereocenters. The summed E-state index contributed by atoms with van der Waals surface area (Å²) in [5.74, 6) is -0.226. The number of hydrazone groups is 1. The summed E-state index contributed by atoms with van der Waals surface area (Å²) in [4.78, 5) is 25.0. The van der Waals surface area contributed by atoms with Gasteiger partial charge in [0.2, 0.25) is 0 Å². The number of nitrogens with zero attached hydrogens (tertiary/aromatic N) is 2. The molecule has 2 rings (SSSR count). The van der Waals surface area contributed by atoms with Crippen LogP contribution in [0.3, 0.4) is 0 Å². The Balaban J connectivity index is 1.82. The van der Waals surface area contributed by atoms with Crippen LogP contribution in [-0.4, -0.2) is 42.3 Å². The SMILES string of the molecule is CCOC(=O)N1CCC(=NNC(=O)c2ccccc2)CC1. The molecule has 1 fully saturated rings. The first-order valence-corrected chi connectivity index (χ1v) is 7.03. The fraction of sp³-hybridized carbons (Fsp3) is 0.400. The zero-order chi connectivity index (χ0) is 15.1. The van der Waals surface area contributed by atoms with E-state index in [1.54, 1.807) is 36.1 Å². The van der Waals surface area contributed by atoms with E-state index in [9.17, 15) is 9.59 Å². The van der Waals surface area contributed by atoms with Crippen LogP contribution in [0.2, 0.25) is 0 Å². The molecule has 1 aromatic carbocycles. The van der Waals surface area contributed by atoms with Gasteiger partial charge in [-0.1, -0.05) is 18.2 Å². The van der Waals surface area contributed by atoms with E-state index in [-0.39, 0.29) is 12.0 Å². The first-order chi connectivity index (χ1) is 10.2. The predicted octanol–water partition coefficient (Wildman–Crippen LogP) is 2.02. The van der Waals surface area contributed by atoms with Crippen molar-refractivity contribution in [3.8, 4) is 0 Å². The number of amides is 2. The molecule has 2 amide bonds. The highest BCUT2D eigenvalue weighted by atomic mass is 16.6. The number of hydrogen-bond donors (Lipinski definition) is 1. The van der Waals surface area contributed by atoms with E-state index < -0.39 is 0 Å². The first kappa shape index (κ1) is 15.0. The van der Waals surface area contributed by atoms with Crippen LogP contribution >= 0.6 is 0 Å². The van der Waals surface area contributed by atoms with Crippen molar-refractivity contribution in [2.75, 3.05) is 19.7 Å². The van der Waals surface area contributed by atoms with Gasteiger partial charge in [-0.3, -0.25) is 4.79 Å². The van der Waals surface area contributed by atoms with Crippen LogP contribution in [-0.2, 0) is 4.74 Å². The van der Waals surface area contributed by atoms with Crippen molar-refractivity contribution >= 4 is 17.7 Å². The lowest BCUT2D eigenvalue weighted by Gasteiger charge is -2.26. The highest BCUT2D eigenvalue weighted by molar-refractivity contribution is 5.95. The van der Waals surface area contributed by atoms with Gasteiger partial charge in [0.15, 0.2) is 0 Å². The number of nitrogens with one attached hydrogen (secondary N) is 1. The van der Waals surface area contributed by atoms with Crippen molar-refractivity contribution in [3.63, 3.8) is 0 Å². The minimum atomic E-state index is -0.287. The Morgan fingerprint density at radius 3 is 2.52 bits per heavy atom. The maximum Gasteiger partial charge on any atom is 0.409 e. The molecule has 1 N–H and O–H groups in total. The van der Waals surface area contributed by atoms with Gasteiger partial charge in [0.25, 0.3) is 5.91 Å². The molecular formula is C15H19N3O3. The Morgan fingerprint density at radius 1 is 1.24 bits per heavy atom. The first-order valence-electron chi connectivity index (χ1n) is 7.03. The summed E-state index contributed by atoms with van der Waals surface area (Å²) in [6.45, 7) is 3.30. The molecule has 112 valence electrons. The summed E-state index contributed by atoms with van der Waals surface area (Å²) in [5, 5.41) is 4.14. The molecule has 0 radical (unpaired) electrons. The van der Waals surface area contributed by atoms with Crippen molar-refractivity contribution in [2.45, 2.75) is 19.8 Å². The van der Waals surface area contributed by atoms with Gasteiger partial charge in [-0.2, -0.15) is 5.10 Å². The molecule has 0 aliphatic carbocycles. The molecule has 1 aliphatic rings. The molecule has 6 nitrogen and oxygen atoms in total. The Morgan fingerprint density at radius 2 is 1.90 bits per heavy atom. The van der Waals surface area contributed by atoms with Crippen molar-refractivity contribution in [3.05, 3.63) is 35.9 Å². The lowest BCUT2D eigenvalue weighted by molar-refractivity contribution is 0.0951. The number of ether oxygens (including phenoxy) is 1. The molecule has 1 heterocycles. The molecule has 21 heavy (non-hydrogen) atoms. The Kier molecular flexibility index (Phi) is 5.31. The molecular weight excluding hydrogens is 270 g/mol. The molecule has 0 unspecified atom stereocenters. The monoisotopic (exact) mass is 289 g/mol. The zero-order valence-corrected chi connectivity index (χ0v) is 12.0. The molecule has 1 aliphatic heterocycles. The normalized spacial score (nSPS) is 14.5. The fourth-order valence-corrected chi connectivity index (χ4v) is 2.06. The molecule has 1 saturated heterocycles. The van der Waals surface area contributed by atoms with E-state index in [0.29, 0.717) is 38.1 Å². The highest BCUT2D eigenvalue weighted by Gasteiger charge is 2.20. The van der Waals surface area contributed by atoms with E-state index in [0.717, 1.165) is 5.71 Å². The van der Waals surface area contributed by atoms with Crippen molar-refractivity contribution < 1.29 is 14.3 Å². The largest absolute Gasteiger partial charge is 0.450 e. The molecule has 0 spiro atoms. The average Bonchev–Trinajstić information content (AvgIpc) is 2.54. The minimum absolute atomic E-state index is 0.226. The smallest absolute Gasteiger partial charge is 0.409 e. The maximum atomic E-state index is 11.8. The van der Waals surface area contributed by atoms with Crippen LogP contribution in [0.25, 0.3) is 0 Å². The molecule has 6 heteroatoms. The second-order valence-electron chi connectivity index (χ2n) is 4.67. The number of carbonyl (C=O) groups is 2. The summed E-state index contributed by atoms with van der Waals surface area (Å²) < 4.78 is 4.95. The molecule has 0 bridgehead atoms. The van der Waals surface area contributed by atoms with Gasteiger partial charge in [0, 0.05) is 37.2 Å². The van der Waals surface area contributed by atoms with Crippen LogP contribution in [0.5, 0.6) is 0 Å². The summed E-state index contributed by atoms with van der Waals surface area (Å²) >= 11 is 0. The average molecular weight is 289 g/mol. The van der Waals surface area contributed by atoms with Gasteiger partial charge in [-0.05, 0) is 19.1 Å². The zero-order valence-electron chi connectivity index (χ0n) is 12.0. The van der Waals surface area contributed by atoms with Crippen LogP contribution < -0.4 is 5.43 Å². The minimum Gasteiger partial charge on any atom is -0.450 e. The quantitative estimate of drug-likeness (QED) is 0.865. The third kappa shape index (κ3) is 4.30. The van der Waals surface area contributed by atoms with Crippen LogP contribution in [0, 0.1) is 0 Å². The van der Waals surface area contributed by atoms with Gasteiger partial charge in [0.1, 0.15) is 0 Å². The van der Waals surface area contributed by atoms with Gasteiger partial charge < -0.3 is 9.64 Å². The second-order valence-corrected chi connectivity index (χ2v) is 4.67. The number of hydrogen-bond acceptors (Lipinski definition) is 4. The van der Waals surface area contributed by atoms with Crippen molar-refractivity contribution in [1.29, 1.82) is 0 Å². The van der Waals surface area contributed by atoms with E-state index in [2.05, 4.69) is 10.5 Å². The highest BCUT2D eigenvalue weighted by Crippen LogP contribution is 2.08. The van der Waals surface area contributed by atoms with E-state index in [1.165, 1.54) is 0 Å². The Bertz CT molecular complexity index is 518. The predicted molar refractivity (Wildman–Crippen MR) is 79.2 cm³/mol. The summed E-state index contributed by atoms with van der Waals surface area (Å²) in [6.07, 6.45) is 1.01. The van der Waals surface area contributed by atoms with E-state index in [4.69, 9.17) is 4.74 Å². The molecule has 1 aromatic rings. The Labute approximate surface area is 123 Å². The van der Waals surface area contributed by atoms with Crippen molar-refractivity contribution in [1.82, 2.24) is 10.3 Å². The van der Waals surface area contributed by atoms with E-state index >= 15 is 0 Å². The van der Waals surface area contributed by atoms with Crippen LogP contribution in [0.4, 0.5) is 4.79 Å². The van der Waals surface area contributed by atoms with Gasteiger partial charge >= 0.3 is 6.09 Å².